The van der Waals surface area contributed by atoms with Crippen LogP contribution in [0.1, 0.15) is 21.5 Å². The standard InChI is InChI=1S/C24H19NO2/c1-27-24(26)19-14-11-17(12-15-19)10-13-18-6-2-4-8-21(18)23-16-20-7-3-5-9-22(20)25-23/h2-16,25H,1H3/b13-10+. The van der Waals surface area contributed by atoms with Crippen molar-refractivity contribution in [3.8, 4) is 11.3 Å². The zero-order valence-electron chi connectivity index (χ0n) is 15.0. The predicted octanol–water partition coefficient (Wildman–Crippen LogP) is 5.79. The zero-order chi connectivity index (χ0) is 18.6. The summed E-state index contributed by atoms with van der Waals surface area (Å²) in [6.45, 7) is 0. The number of benzene rings is 3. The van der Waals surface area contributed by atoms with Gasteiger partial charge in [-0.25, -0.2) is 4.79 Å². The number of H-pyrrole nitrogens is 1. The normalized spacial score (nSPS) is 11.1. The average Bonchev–Trinajstić information content (AvgIpc) is 3.16. The van der Waals surface area contributed by atoms with Gasteiger partial charge in [-0.3, -0.25) is 0 Å². The second kappa shape index (κ2) is 7.34. The number of aromatic amines is 1. The van der Waals surface area contributed by atoms with Crippen molar-refractivity contribution >= 4 is 29.0 Å². The summed E-state index contributed by atoms with van der Waals surface area (Å²) in [5.74, 6) is -0.324. The Hall–Kier alpha value is -3.59. The maximum absolute atomic E-state index is 11.5. The van der Waals surface area contributed by atoms with E-state index in [0.717, 1.165) is 27.9 Å². The molecule has 4 rings (SSSR count). The van der Waals surface area contributed by atoms with E-state index in [0.29, 0.717) is 5.56 Å². The van der Waals surface area contributed by atoms with Crippen LogP contribution in [0.2, 0.25) is 0 Å². The van der Waals surface area contributed by atoms with E-state index >= 15 is 0 Å². The molecule has 132 valence electrons. The first-order chi connectivity index (χ1) is 13.2. The lowest BCUT2D eigenvalue weighted by atomic mass is 10.0. The molecule has 0 fully saturated rings. The maximum atomic E-state index is 11.5. The molecule has 3 aromatic carbocycles. The Balaban J connectivity index is 1.65. The molecule has 0 saturated heterocycles. The average molecular weight is 353 g/mol. The molecule has 0 amide bonds. The van der Waals surface area contributed by atoms with Crippen molar-refractivity contribution in [3.63, 3.8) is 0 Å². The minimum atomic E-state index is -0.324. The van der Waals surface area contributed by atoms with Gasteiger partial charge in [-0.2, -0.15) is 0 Å². The maximum Gasteiger partial charge on any atom is 0.337 e. The van der Waals surface area contributed by atoms with Crippen LogP contribution in [0.3, 0.4) is 0 Å². The summed E-state index contributed by atoms with van der Waals surface area (Å²) in [5.41, 5.74) is 6.07. The number of carbonyl (C=O) groups is 1. The highest BCUT2D eigenvalue weighted by Crippen LogP contribution is 2.28. The number of para-hydroxylation sites is 1. The minimum absolute atomic E-state index is 0.324. The number of carbonyl (C=O) groups excluding carboxylic acids is 1. The smallest absolute Gasteiger partial charge is 0.337 e. The van der Waals surface area contributed by atoms with E-state index in [-0.39, 0.29) is 5.97 Å². The first-order valence-electron chi connectivity index (χ1n) is 8.78. The lowest BCUT2D eigenvalue weighted by Crippen LogP contribution is -2.00. The Labute approximate surface area is 157 Å². The van der Waals surface area contributed by atoms with Gasteiger partial charge in [0.2, 0.25) is 0 Å². The number of ether oxygens (including phenoxy) is 1. The van der Waals surface area contributed by atoms with Crippen molar-refractivity contribution in [2.24, 2.45) is 0 Å². The largest absolute Gasteiger partial charge is 0.465 e. The van der Waals surface area contributed by atoms with E-state index in [4.69, 9.17) is 4.74 Å². The summed E-state index contributed by atoms with van der Waals surface area (Å²) in [6, 6.07) is 26.1. The fourth-order valence-corrected chi connectivity index (χ4v) is 3.14. The monoisotopic (exact) mass is 353 g/mol. The number of aromatic nitrogens is 1. The zero-order valence-corrected chi connectivity index (χ0v) is 15.0. The molecule has 0 aliphatic carbocycles. The summed E-state index contributed by atoms with van der Waals surface area (Å²) in [5, 5.41) is 1.20. The summed E-state index contributed by atoms with van der Waals surface area (Å²) in [7, 11) is 1.39. The van der Waals surface area contributed by atoms with Crippen LogP contribution in [-0.4, -0.2) is 18.1 Å². The van der Waals surface area contributed by atoms with Crippen LogP contribution in [0.15, 0.2) is 78.9 Å². The van der Waals surface area contributed by atoms with Gasteiger partial charge in [0.15, 0.2) is 0 Å². The first-order valence-corrected chi connectivity index (χ1v) is 8.78. The lowest BCUT2D eigenvalue weighted by molar-refractivity contribution is 0.0600. The van der Waals surface area contributed by atoms with Gasteiger partial charge in [-0.1, -0.05) is 66.7 Å². The number of nitrogens with one attached hydrogen (secondary N) is 1. The van der Waals surface area contributed by atoms with Crippen molar-refractivity contribution in [2.75, 3.05) is 7.11 Å². The molecule has 1 aromatic heterocycles. The Morgan fingerprint density at radius 2 is 1.63 bits per heavy atom. The summed E-state index contributed by atoms with van der Waals surface area (Å²) < 4.78 is 4.73. The summed E-state index contributed by atoms with van der Waals surface area (Å²) in [6.07, 6.45) is 4.14. The van der Waals surface area contributed by atoms with Crippen molar-refractivity contribution in [1.29, 1.82) is 0 Å². The van der Waals surface area contributed by atoms with Crippen LogP contribution < -0.4 is 0 Å². The number of fused-ring (bicyclic) bond motifs is 1. The van der Waals surface area contributed by atoms with E-state index in [9.17, 15) is 4.79 Å². The van der Waals surface area contributed by atoms with Crippen molar-refractivity contribution in [2.45, 2.75) is 0 Å². The molecule has 3 nitrogen and oxygen atoms in total. The number of esters is 1. The highest BCUT2D eigenvalue weighted by atomic mass is 16.5. The third kappa shape index (κ3) is 3.53. The molecule has 4 aromatic rings. The van der Waals surface area contributed by atoms with Gasteiger partial charge in [0.25, 0.3) is 0 Å². The third-order valence-corrected chi connectivity index (χ3v) is 4.57. The number of hydrogen-bond donors (Lipinski definition) is 1. The molecule has 0 radical (unpaired) electrons. The molecule has 27 heavy (non-hydrogen) atoms. The van der Waals surface area contributed by atoms with Crippen molar-refractivity contribution < 1.29 is 9.53 Å². The van der Waals surface area contributed by atoms with E-state index in [1.54, 1.807) is 12.1 Å². The van der Waals surface area contributed by atoms with Gasteiger partial charge in [-0.05, 0) is 35.4 Å². The Bertz CT molecular complexity index is 1090. The molecule has 0 saturated carbocycles. The number of methoxy groups -OCH3 is 1. The molecule has 0 atom stereocenters. The Morgan fingerprint density at radius 3 is 2.41 bits per heavy atom. The molecule has 0 unspecified atom stereocenters. The first kappa shape index (κ1) is 16.9. The van der Waals surface area contributed by atoms with Crippen LogP contribution in [0, 0.1) is 0 Å². The second-order valence-corrected chi connectivity index (χ2v) is 6.30. The van der Waals surface area contributed by atoms with Crippen LogP contribution in [-0.2, 0) is 4.74 Å². The van der Waals surface area contributed by atoms with Crippen LogP contribution in [0.5, 0.6) is 0 Å². The number of rotatable bonds is 4. The minimum Gasteiger partial charge on any atom is -0.465 e. The van der Waals surface area contributed by atoms with Gasteiger partial charge in [0.05, 0.1) is 12.7 Å². The highest BCUT2D eigenvalue weighted by Gasteiger charge is 2.06. The molecule has 0 aliphatic rings. The summed E-state index contributed by atoms with van der Waals surface area (Å²) in [4.78, 5) is 15.0. The fraction of sp³-hybridized carbons (Fsp3) is 0.0417. The quantitative estimate of drug-likeness (QED) is 0.372. The topological polar surface area (TPSA) is 42.1 Å². The number of hydrogen-bond acceptors (Lipinski definition) is 2. The van der Waals surface area contributed by atoms with E-state index in [1.165, 1.54) is 12.5 Å². The van der Waals surface area contributed by atoms with Gasteiger partial charge >= 0.3 is 5.97 Å². The van der Waals surface area contributed by atoms with Crippen LogP contribution in [0.25, 0.3) is 34.3 Å². The fourth-order valence-electron chi connectivity index (χ4n) is 3.14. The SMILES string of the molecule is COC(=O)c1ccc(/C=C/c2ccccc2-c2cc3ccccc3[nH]2)cc1. The molecule has 1 heterocycles. The van der Waals surface area contributed by atoms with E-state index < -0.39 is 0 Å². The van der Waals surface area contributed by atoms with Crippen molar-refractivity contribution in [1.82, 2.24) is 4.98 Å². The molecule has 1 N–H and O–H groups in total. The molecule has 0 aliphatic heterocycles. The molecular formula is C24H19NO2. The molecular weight excluding hydrogens is 334 g/mol. The van der Waals surface area contributed by atoms with Gasteiger partial charge in [-0.15, -0.1) is 0 Å². The molecule has 3 heteroatoms. The van der Waals surface area contributed by atoms with E-state index in [1.807, 2.05) is 42.5 Å². The van der Waals surface area contributed by atoms with E-state index in [2.05, 4.69) is 41.4 Å². The van der Waals surface area contributed by atoms with Crippen LogP contribution >= 0.6 is 0 Å². The Morgan fingerprint density at radius 1 is 0.889 bits per heavy atom. The Kier molecular flexibility index (Phi) is 4.58. The molecule has 0 bridgehead atoms. The third-order valence-electron chi connectivity index (χ3n) is 4.57. The second-order valence-electron chi connectivity index (χ2n) is 6.30. The van der Waals surface area contributed by atoms with Gasteiger partial charge in [0.1, 0.15) is 0 Å². The summed E-state index contributed by atoms with van der Waals surface area (Å²) >= 11 is 0. The molecule has 0 spiro atoms. The lowest BCUT2D eigenvalue weighted by Gasteiger charge is -2.04. The predicted molar refractivity (Wildman–Crippen MR) is 110 cm³/mol. The van der Waals surface area contributed by atoms with Gasteiger partial charge in [0, 0.05) is 22.2 Å². The van der Waals surface area contributed by atoms with Gasteiger partial charge < -0.3 is 9.72 Å². The van der Waals surface area contributed by atoms with Crippen LogP contribution in [0.4, 0.5) is 0 Å². The van der Waals surface area contributed by atoms with Crippen molar-refractivity contribution in [3.05, 3.63) is 95.6 Å². The highest BCUT2D eigenvalue weighted by molar-refractivity contribution is 5.90.